The Labute approximate surface area is 108 Å². The molecule has 0 spiro atoms. The van der Waals surface area contributed by atoms with Gasteiger partial charge in [0.25, 0.3) is 0 Å². The second-order valence-electron chi connectivity index (χ2n) is 5.26. The maximum absolute atomic E-state index is 5.66. The molecule has 0 aliphatic rings. The van der Waals surface area contributed by atoms with Crippen LogP contribution < -0.4 is 4.74 Å². The van der Waals surface area contributed by atoms with Crippen molar-refractivity contribution in [1.82, 2.24) is 9.97 Å². The molecule has 1 heterocycles. The van der Waals surface area contributed by atoms with Crippen LogP contribution in [-0.2, 0) is 12.0 Å². The van der Waals surface area contributed by atoms with E-state index >= 15 is 0 Å². The molecule has 0 aliphatic carbocycles. The van der Waals surface area contributed by atoms with Crippen molar-refractivity contribution >= 4 is 0 Å². The predicted molar refractivity (Wildman–Crippen MR) is 71.5 cm³/mol. The molecule has 2 aromatic rings. The maximum Gasteiger partial charge on any atom is 0.132 e. The summed E-state index contributed by atoms with van der Waals surface area (Å²) in [6, 6.07) is 8.20. The average Bonchev–Trinajstić information content (AvgIpc) is 2.37. The molecule has 0 saturated carbocycles. The minimum absolute atomic E-state index is 0.170. The van der Waals surface area contributed by atoms with Crippen LogP contribution in [0, 0.1) is 0 Å². The van der Waals surface area contributed by atoms with Crippen LogP contribution in [0.4, 0.5) is 0 Å². The molecule has 18 heavy (non-hydrogen) atoms. The molecule has 1 aromatic carbocycles. The highest BCUT2D eigenvalue weighted by Crippen LogP contribution is 2.24. The molecule has 0 radical (unpaired) electrons. The number of hydrogen-bond donors (Lipinski definition) is 0. The lowest BCUT2D eigenvalue weighted by Crippen LogP contribution is -2.10. The van der Waals surface area contributed by atoms with Crippen LogP contribution in [0.15, 0.2) is 42.9 Å². The molecule has 0 unspecified atom stereocenters. The monoisotopic (exact) mass is 242 g/mol. The Balaban J connectivity index is 1.99. The van der Waals surface area contributed by atoms with E-state index in [0.29, 0.717) is 6.61 Å². The lowest BCUT2D eigenvalue weighted by atomic mass is 9.87. The fourth-order valence-electron chi connectivity index (χ4n) is 1.61. The average molecular weight is 242 g/mol. The Morgan fingerprint density at radius 3 is 2.33 bits per heavy atom. The molecule has 0 bridgehead atoms. The summed E-state index contributed by atoms with van der Waals surface area (Å²) in [7, 11) is 0. The minimum atomic E-state index is 0.170. The number of benzene rings is 1. The van der Waals surface area contributed by atoms with Gasteiger partial charge in [0.05, 0.1) is 11.9 Å². The molecule has 1 aromatic heterocycles. The Hall–Kier alpha value is -1.90. The van der Waals surface area contributed by atoms with Gasteiger partial charge in [0.15, 0.2) is 0 Å². The molecule has 3 nitrogen and oxygen atoms in total. The van der Waals surface area contributed by atoms with Crippen molar-refractivity contribution in [3.8, 4) is 5.75 Å². The highest BCUT2D eigenvalue weighted by Gasteiger charge is 2.12. The zero-order valence-corrected chi connectivity index (χ0v) is 11.1. The molecule has 0 fully saturated rings. The second-order valence-corrected chi connectivity index (χ2v) is 5.26. The molecule has 3 heteroatoms. The summed E-state index contributed by atoms with van der Waals surface area (Å²) in [5, 5.41) is 0. The first kappa shape index (κ1) is 12.6. The molecular formula is C15H18N2O. The lowest BCUT2D eigenvalue weighted by Gasteiger charge is -2.19. The highest BCUT2D eigenvalue weighted by molar-refractivity contribution is 5.31. The van der Waals surface area contributed by atoms with Gasteiger partial charge in [0, 0.05) is 12.4 Å². The first-order chi connectivity index (χ1) is 8.55. The van der Waals surface area contributed by atoms with Crippen LogP contribution in [0.25, 0.3) is 0 Å². The van der Waals surface area contributed by atoms with E-state index in [1.54, 1.807) is 18.6 Å². The largest absolute Gasteiger partial charge is 0.487 e. The van der Waals surface area contributed by atoms with E-state index in [9.17, 15) is 0 Å². The number of aromatic nitrogens is 2. The Morgan fingerprint density at radius 2 is 1.78 bits per heavy atom. The molecule has 0 amide bonds. The van der Waals surface area contributed by atoms with Gasteiger partial charge in [-0.1, -0.05) is 32.9 Å². The topological polar surface area (TPSA) is 35.0 Å². The zero-order chi connectivity index (χ0) is 13.0. The molecule has 0 aliphatic heterocycles. The van der Waals surface area contributed by atoms with Gasteiger partial charge >= 0.3 is 0 Å². The first-order valence-electron chi connectivity index (χ1n) is 6.04. The summed E-state index contributed by atoms with van der Waals surface area (Å²) in [5.74, 6) is 0.855. The van der Waals surface area contributed by atoms with E-state index in [1.807, 2.05) is 12.1 Å². The summed E-state index contributed by atoms with van der Waals surface area (Å²) in [4.78, 5) is 8.16. The molecule has 2 rings (SSSR count). The highest BCUT2D eigenvalue weighted by atomic mass is 16.5. The van der Waals surface area contributed by atoms with Crippen LogP contribution in [0.2, 0.25) is 0 Å². The van der Waals surface area contributed by atoms with Crippen molar-refractivity contribution in [2.24, 2.45) is 0 Å². The quantitative estimate of drug-likeness (QED) is 0.827. The molecular weight excluding hydrogens is 224 g/mol. The molecule has 0 atom stereocenters. The lowest BCUT2D eigenvalue weighted by molar-refractivity contribution is 0.300. The van der Waals surface area contributed by atoms with Crippen LogP contribution >= 0.6 is 0 Å². The zero-order valence-electron chi connectivity index (χ0n) is 11.1. The third-order valence-electron chi connectivity index (χ3n) is 2.72. The fourth-order valence-corrected chi connectivity index (χ4v) is 1.61. The maximum atomic E-state index is 5.66. The van der Waals surface area contributed by atoms with Crippen LogP contribution in [0.1, 0.15) is 32.0 Å². The molecule has 0 N–H and O–H groups in total. The van der Waals surface area contributed by atoms with E-state index in [4.69, 9.17) is 4.74 Å². The summed E-state index contributed by atoms with van der Waals surface area (Å²) < 4.78 is 5.66. The van der Waals surface area contributed by atoms with Crippen molar-refractivity contribution in [2.45, 2.75) is 32.8 Å². The normalized spacial score (nSPS) is 11.3. The van der Waals surface area contributed by atoms with E-state index in [2.05, 4.69) is 42.9 Å². The van der Waals surface area contributed by atoms with Crippen LogP contribution in [0.5, 0.6) is 5.75 Å². The standard InChI is InChI=1S/C15H18N2O/c1-15(2,3)12-4-6-14(7-5-12)18-11-13-10-16-8-9-17-13/h4-10H,11H2,1-3H3. The number of nitrogens with zero attached hydrogens (tertiary/aromatic N) is 2. The van der Waals surface area contributed by atoms with Gasteiger partial charge in [-0.15, -0.1) is 0 Å². The van der Waals surface area contributed by atoms with E-state index in [1.165, 1.54) is 5.56 Å². The first-order valence-corrected chi connectivity index (χ1v) is 6.04. The smallest absolute Gasteiger partial charge is 0.132 e. The van der Waals surface area contributed by atoms with Gasteiger partial charge in [-0.2, -0.15) is 0 Å². The summed E-state index contributed by atoms with van der Waals surface area (Å²) in [6.07, 6.45) is 5.03. The van der Waals surface area contributed by atoms with E-state index in [0.717, 1.165) is 11.4 Å². The van der Waals surface area contributed by atoms with Gasteiger partial charge < -0.3 is 4.74 Å². The third kappa shape index (κ3) is 3.29. The second kappa shape index (κ2) is 5.17. The predicted octanol–water partition coefficient (Wildman–Crippen LogP) is 3.35. The van der Waals surface area contributed by atoms with Gasteiger partial charge in [-0.05, 0) is 23.1 Å². The molecule has 94 valence electrons. The van der Waals surface area contributed by atoms with Crippen molar-refractivity contribution in [1.29, 1.82) is 0 Å². The summed E-state index contributed by atoms with van der Waals surface area (Å²) in [5.41, 5.74) is 2.30. The van der Waals surface area contributed by atoms with Crippen molar-refractivity contribution in [3.05, 3.63) is 54.1 Å². The Kier molecular flexibility index (Phi) is 3.60. The van der Waals surface area contributed by atoms with Crippen molar-refractivity contribution in [3.63, 3.8) is 0 Å². The summed E-state index contributed by atoms with van der Waals surface area (Å²) >= 11 is 0. The number of rotatable bonds is 3. The fraction of sp³-hybridized carbons (Fsp3) is 0.333. The Morgan fingerprint density at radius 1 is 1.06 bits per heavy atom. The van der Waals surface area contributed by atoms with Gasteiger partial charge in [-0.25, -0.2) is 0 Å². The number of hydrogen-bond acceptors (Lipinski definition) is 3. The summed E-state index contributed by atoms with van der Waals surface area (Å²) in [6.45, 7) is 7.04. The van der Waals surface area contributed by atoms with Crippen molar-refractivity contribution < 1.29 is 4.74 Å². The van der Waals surface area contributed by atoms with Crippen LogP contribution in [0.3, 0.4) is 0 Å². The van der Waals surface area contributed by atoms with Gasteiger partial charge in [0.2, 0.25) is 0 Å². The third-order valence-corrected chi connectivity index (χ3v) is 2.72. The SMILES string of the molecule is CC(C)(C)c1ccc(OCc2cnccn2)cc1. The van der Waals surface area contributed by atoms with Gasteiger partial charge in [0.1, 0.15) is 12.4 Å². The van der Waals surface area contributed by atoms with E-state index < -0.39 is 0 Å². The van der Waals surface area contributed by atoms with E-state index in [-0.39, 0.29) is 5.41 Å². The Bertz CT molecular complexity index is 486. The number of ether oxygens (including phenoxy) is 1. The minimum Gasteiger partial charge on any atom is -0.487 e. The van der Waals surface area contributed by atoms with Crippen LogP contribution in [-0.4, -0.2) is 9.97 Å². The molecule has 0 saturated heterocycles. The van der Waals surface area contributed by atoms with Gasteiger partial charge in [-0.3, -0.25) is 9.97 Å². The van der Waals surface area contributed by atoms with Crippen molar-refractivity contribution in [2.75, 3.05) is 0 Å².